The number of carbonyl (C=O) groups is 2. The molecule has 0 saturated carbocycles. The zero-order chi connectivity index (χ0) is 19.5. The Labute approximate surface area is 159 Å². The van der Waals surface area contributed by atoms with Crippen molar-refractivity contribution in [3.63, 3.8) is 0 Å². The summed E-state index contributed by atoms with van der Waals surface area (Å²) in [7, 11) is 0. The maximum absolute atomic E-state index is 12.4. The second kappa shape index (κ2) is 11.0. The number of nitrogens with one attached hydrogen (secondary N) is 1. The second-order valence-electron chi connectivity index (χ2n) is 5.70. The highest BCUT2D eigenvalue weighted by Crippen LogP contribution is 2.18. The SMILES string of the molecule is CCOCCOC(=O)COc1ccc(C(=O)Nc2ccccc2CC)cc1. The van der Waals surface area contributed by atoms with Crippen molar-refractivity contribution in [1.82, 2.24) is 0 Å². The molecular formula is C21H25NO5. The van der Waals surface area contributed by atoms with Crippen LogP contribution in [-0.4, -0.2) is 38.3 Å². The number of carbonyl (C=O) groups excluding carboxylic acids is 2. The van der Waals surface area contributed by atoms with Gasteiger partial charge in [-0.3, -0.25) is 4.79 Å². The Kier molecular flexibility index (Phi) is 8.32. The van der Waals surface area contributed by atoms with Crippen molar-refractivity contribution in [2.24, 2.45) is 0 Å². The predicted octanol–water partition coefficient (Wildman–Crippen LogP) is 3.46. The van der Waals surface area contributed by atoms with E-state index < -0.39 is 5.97 Å². The first kappa shape index (κ1) is 20.5. The molecule has 2 aromatic rings. The monoisotopic (exact) mass is 371 g/mol. The number of amides is 1. The van der Waals surface area contributed by atoms with Crippen LogP contribution in [0.1, 0.15) is 29.8 Å². The maximum Gasteiger partial charge on any atom is 0.344 e. The summed E-state index contributed by atoms with van der Waals surface area (Å²) in [6.45, 7) is 4.87. The third kappa shape index (κ3) is 6.75. The van der Waals surface area contributed by atoms with Gasteiger partial charge in [0.15, 0.2) is 6.61 Å². The number of aryl methyl sites for hydroxylation is 1. The molecule has 0 bridgehead atoms. The van der Waals surface area contributed by atoms with E-state index in [0.717, 1.165) is 17.7 Å². The van der Waals surface area contributed by atoms with Gasteiger partial charge < -0.3 is 19.5 Å². The summed E-state index contributed by atoms with van der Waals surface area (Å²) in [4.78, 5) is 23.9. The van der Waals surface area contributed by atoms with E-state index in [1.165, 1.54) is 0 Å². The van der Waals surface area contributed by atoms with Crippen LogP contribution in [-0.2, 0) is 20.7 Å². The fraction of sp³-hybridized carbons (Fsp3) is 0.333. The molecule has 0 spiro atoms. The molecule has 27 heavy (non-hydrogen) atoms. The van der Waals surface area contributed by atoms with Crippen LogP contribution in [0.3, 0.4) is 0 Å². The smallest absolute Gasteiger partial charge is 0.344 e. The highest BCUT2D eigenvalue weighted by molar-refractivity contribution is 6.04. The predicted molar refractivity (Wildman–Crippen MR) is 103 cm³/mol. The molecule has 0 aliphatic heterocycles. The molecular weight excluding hydrogens is 346 g/mol. The Morgan fingerprint density at radius 1 is 0.963 bits per heavy atom. The molecule has 6 nitrogen and oxygen atoms in total. The molecule has 0 aliphatic carbocycles. The highest BCUT2D eigenvalue weighted by Gasteiger charge is 2.09. The third-order valence-corrected chi connectivity index (χ3v) is 3.81. The molecule has 0 unspecified atom stereocenters. The zero-order valence-electron chi connectivity index (χ0n) is 15.7. The van der Waals surface area contributed by atoms with Crippen LogP contribution in [0, 0.1) is 0 Å². The first-order valence-corrected chi connectivity index (χ1v) is 8.99. The van der Waals surface area contributed by atoms with Gasteiger partial charge in [-0.15, -0.1) is 0 Å². The third-order valence-electron chi connectivity index (χ3n) is 3.81. The Bertz CT molecular complexity index is 742. The molecule has 6 heteroatoms. The van der Waals surface area contributed by atoms with Gasteiger partial charge in [-0.1, -0.05) is 25.1 Å². The molecule has 0 saturated heterocycles. The van der Waals surface area contributed by atoms with Crippen molar-refractivity contribution in [2.75, 3.05) is 31.7 Å². The summed E-state index contributed by atoms with van der Waals surface area (Å²) in [5, 5.41) is 2.92. The number of esters is 1. The standard InChI is InChI=1S/C21H25NO5/c1-3-16-7-5-6-8-19(16)22-21(24)17-9-11-18(12-10-17)27-15-20(23)26-14-13-25-4-2/h5-12H,3-4,13-15H2,1-2H3,(H,22,24). The van der Waals surface area contributed by atoms with Crippen molar-refractivity contribution in [1.29, 1.82) is 0 Å². The normalized spacial score (nSPS) is 10.3. The lowest BCUT2D eigenvalue weighted by Gasteiger charge is -2.10. The van der Waals surface area contributed by atoms with Gasteiger partial charge in [0.05, 0.1) is 6.61 Å². The molecule has 0 atom stereocenters. The van der Waals surface area contributed by atoms with Gasteiger partial charge >= 0.3 is 5.97 Å². The fourth-order valence-corrected chi connectivity index (χ4v) is 2.39. The summed E-state index contributed by atoms with van der Waals surface area (Å²) in [5.74, 6) is -0.173. The molecule has 0 heterocycles. The summed E-state index contributed by atoms with van der Waals surface area (Å²) in [6.07, 6.45) is 0.837. The minimum atomic E-state index is -0.465. The summed E-state index contributed by atoms with van der Waals surface area (Å²) < 4.78 is 15.4. The van der Waals surface area contributed by atoms with E-state index in [1.807, 2.05) is 38.1 Å². The van der Waals surface area contributed by atoms with E-state index >= 15 is 0 Å². The van der Waals surface area contributed by atoms with Gasteiger partial charge in [0.25, 0.3) is 5.91 Å². The van der Waals surface area contributed by atoms with E-state index in [-0.39, 0.29) is 19.1 Å². The second-order valence-corrected chi connectivity index (χ2v) is 5.70. The van der Waals surface area contributed by atoms with Crippen LogP contribution in [0.4, 0.5) is 5.69 Å². The summed E-state index contributed by atoms with van der Waals surface area (Å²) in [5.41, 5.74) is 2.39. The lowest BCUT2D eigenvalue weighted by Crippen LogP contribution is -2.17. The first-order valence-electron chi connectivity index (χ1n) is 8.99. The van der Waals surface area contributed by atoms with Crippen LogP contribution in [0.2, 0.25) is 0 Å². The van der Waals surface area contributed by atoms with Gasteiger partial charge in [0.1, 0.15) is 12.4 Å². The number of hydrogen-bond donors (Lipinski definition) is 1. The zero-order valence-corrected chi connectivity index (χ0v) is 15.7. The molecule has 1 N–H and O–H groups in total. The molecule has 144 valence electrons. The van der Waals surface area contributed by atoms with Gasteiger partial charge in [0, 0.05) is 17.9 Å². The molecule has 0 aromatic heterocycles. The molecule has 0 aliphatic rings. The number of ether oxygens (including phenoxy) is 3. The van der Waals surface area contributed by atoms with Crippen molar-refractivity contribution >= 4 is 17.6 Å². The number of hydrogen-bond acceptors (Lipinski definition) is 5. The molecule has 0 radical (unpaired) electrons. The van der Waals surface area contributed by atoms with Crippen LogP contribution >= 0.6 is 0 Å². The molecule has 2 aromatic carbocycles. The molecule has 1 amide bonds. The van der Waals surface area contributed by atoms with E-state index in [4.69, 9.17) is 14.2 Å². The topological polar surface area (TPSA) is 73.9 Å². The van der Waals surface area contributed by atoms with E-state index in [1.54, 1.807) is 24.3 Å². The van der Waals surface area contributed by atoms with Crippen molar-refractivity contribution in [2.45, 2.75) is 20.3 Å². The summed E-state index contributed by atoms with van der Waals surface area (Å²) in [6, 6.07) is 14.3. The van der Waals surface area contributed by atoms with Crippen LogP contribution in [0.25, 0.3) is 0 Å². The quantitative estimate of drug-likeness (QED) is 0.511. The van der Waals surface area contributed by atoms with Crippen molar-refractivity contribution in [3.05, 3.63) is 59.7 Å². The van der Waals surface area contributed by atoms with Gasteiger partial charge in [-0.05, 0) is 49.2 Å². The number of benzene rings is 2. The van der Waals surface area contributed by atoms with Crippen LogP contribution in [0.5, 0.6) is 5.75 Å². The lowest BCUT2D eigenvalue weighted by molar-refractivity contribution is -0.147. The van der Waals surface area contributed by atoms with Gasteiger partial charge in [0.2, 0.25) is 0 Å². The van der Waals surface area contributed by atoms with E-state index in [2.05, 4.69) is 5.32 Å². The highest BCUT2D eigenvalue weighted by atomic mass is 16.6. The van der Waals surface area contributed by atoms with Gasteiger partial charge in [-0.25, -0.2) is 4.79 Å². The Morgan fingerprint density at radius 3 is 2.41 bits per heavy atom. The number of para-hydroxylation sites is 1. The van der Waals surface area contributed by atoms with Crippen molar-refractivity contribution < 1.29 is 23.8 Å². The Balaban J connectivity index is 1.83. The van der Waals surface area contributed by atoms with Gasteiger partial charge in [-0.2, -0.15) is 0 Å². The van der Waals surface area contributed by atoms with Crippen LogP contribution in [0.15, 0.2) is 48.5 Å². The fourth-order valence-electron chi connectivity index (χ4n) is 2.39. The Morgan fingerprint density at radius 2 is 1.70 bits per heavy atom. The summed E-state index contributed by atoms with van der Waals surface area (Å²) >= 11 is 0. The average molecular weight is 371 g/mol. The van der Waals surface area contributed by atoms with Crippen LogP contribution < -0.4 is 10.1 Å². The Hall–Kier alpha value is -2.86. The van der Waals surface area contributed by atoms with E-state index in [0.29, 0.717) is 24.5 Å². The minimum absolute atomic E-state index is 0.193. The average Bonchev–Trinajstić information content (AvgIpc) is 2.70. The minimum Gasteiger partial charge on any atom is -0.482 e. The van der Waals surface area contributed by atoms with Crippen molar-refractivity contribution in [3.8, 4) is 5.75 Å². The molecule has 0 fully saturated rings. The lowest BCUT2D eigenvalue weighted by atomic mass is 10.1. The largest absolute Gasteiger partial charge is 0.482 e. The maximum atomic E-state index is 12.4. The number of rotatable bonds is 10. The first-order chi connectivity index (χ1) is 13.1. The number of anilines is 1. The molecule has 2 rings (SSSR count). The van der Waals surface area contributed by atoms with E-state index in [9.17, 15) is 9.59 Å².